The Morgan fingerprint density at radius 2 is 1.80 bits per heavy atom. The fourth-order valence-electron chi connectivity index (χ4n) is 3.59. The molecule has 0 heterocycles. The first-order valence-corrected chi connectivity index (χ1v) is 11.4. The van der Waals surface area contributed by atoms with Crippen molar-refractivity contribution < 1.29 is 8.85 Å². The highest BCUT2D eigenvalue weighted by Gasteiger charge is 2.37. The highest BCUT2D eigenvalue weighted by molar-refractivity contribution is 6.64. The third-order valence-corrected chi connectivity index (χ3v) is 6.42. The van der Waals surface area contributed by atoms with Gasteiger partial charge < -0.3 is 8.85 Å². The van der Waals surface area contributed by atoms with Crippen molar-refractivity contribution in [2.75, 3.05) is 0 Å². The van der Waals surface area contributed by atoms with Crippen LogP contribution in [0.5, 0.6) is 0 Å². The minimum Gasteiger partial charge on any atom is -0.392 e. The van der Waals surface area contributed by atoms with Crippen LogP contribution in [0.15, 0.2) is 0 Å². The molecule has 3 heteroatoms. The fourth-order valence-corrected chi connectivity index (χ4v) is 5.74. The van der Waals surface area contributed by atoms with E-state index in [0.717, 1.165) is 12.3 Å². The van der Waals surface area contributed by atoms with Crippen LogP contribution in [0.4, 0.5) is 0 Å². The minimum absolute atomic E-state index is 0.334. The number of hydrogen-bond acceptors (Lipinski definition) is 2. The van der Waals surface area contributed by atoms with Crippen LogP contribution < -0.4 is 0 Å². The predicted molar refractivity (Wildman–Crippen MR) is 89.2 cm³/mol. The Bertz CT molecular complexity index is 278. The monoisotopic (exact) mass is 300 g/mol. The first-order valence-electron chi connectivity index (χ1n) is 8.60. The topological polar surface area (TPSA) is 18.5 Å². The average molecular weight is 301 g/mol. The molecule has 1 aliphatic rings. The predicted octanol–water partition coefficient (Wildman–Crippen LogP) is 5.37. The van der Waals surface area contributed by atoms with Crippen LogP contribution in [-0.4, -0.2) is 20.8 Å². The number of hydrogen-bond donors (Lipinski definition) is 0. The first-order chi connectivity index (χ1) is 9.25. The molecule has 0 N–H and O–H groups in total. The smallest absolute Gasteiger partial charge is 0.332 e. The summed E-state index contributed by atoms with van der Waals surface area (Å²) in [6.45, 7) is 15.9. The maximum Gasteiger partial charge on any atom is 0.332 e. The van der Waals surface area contributed by atoms with Crippen LogP contribution in [0.25, 0.3) is 0 Å². The van der Waals surface area contributed by atoms with E-state index in [1.54, 1.807) is 0 Å². The highest BCUT2D eigenvalue weighted by Crippen LogP contribution is 2.37. The van der Waals surface area contributed by atoms with Crippen LogP contribution in [0.2, 0.25) is 13.1 Å². The molecule has 0 aromatic heterocycles. The summed E-state index contributed by atoms with van der Waals surface area (Å²) in [4.78, 5) is 0. The maximum atomic E-state index is 6.56. The SMILES string of the molecule is CCCC(C)O[Si](C)(C)O[C@@H]1C[C@H](C)CC[C@H]1C(C)C. The van der Waals surface area contributed by atoms with E-state index >= 15 is 0 Å². The van der Waals surface area contributed by atoms with Crippen LogP contribution in [0.3, 0.4) is 0 Å². The molecular weight excluding hydrogens is 264 g/mol. The van der Waals surface area contributed by atoms with Crippen molar-refractivity contribution in [1.82, 2.24) is 0 Å². The molecule has 2 nitrogen and oxygen atoms in total. The molecule has 0 aromatic rings. The van der Waals surface area contributed by atoms with Crippen molar-refractivity contribution in [3.63, 3.8) is 0 Å². The van der Waals surface area contributed by atoms with Gasteiger partial charge >= 0.3 is 8.56 Å². The molecular formula is C17H36O2Si. The summed E-state index contributed by atoms with van der Waals surface area (Å²) in [5.41, 5.74) is 0. The Kier molecular flexibility index (Phi) is 7.23. The second-order valence-electron chi connectivity index (χ2n) is 7.60. The van der Waals surface area contributed by atoms with Crippen molar-refractivity contribution >= 4 is 8.56 Å². The van der Waals surface area contributed by atoms with Crippen molar-refractivity contribution in [1.29, 1.82) is 0 Å². The summed E-state index contributed by atoms with van der Waals surface area (Å²) in [7, 11) is -2.01. The van der Waals surface area contributed by atoms with Crippen molar-refractivity contribution in [3.8, 4) is 0 Å². The second kappa shape index (κ2) is 7.95. The highest BCUT2D eigenvalue weighted by atomic mass is 28.4. The molecule has 4 atom stereocenters. The molecule has 0 aliphatic heterocycles. The summed E-state index contributed by atoms with van der Waals surface area (Å²) in [5.74, 6) is 2.22. The van der Waals surface area contributed by atoms with E-state index in [4.69, 9.17) is 8.85 Å². The second-order valence-corrected chi connectivity index (χ2v) is 10.9. The van der Waals surface area contributed by atoms with Gasteiger partial charge in [0.1, 0.15) is 0 Å². The standard InChI is InChI=1S/C17H36O2Si/c1-8-9-15(5)18-20(6,7)19-17-12-14(4)10-11-16(17)13(2)3/h13-17H,8-12H2,1-7H3/t14-,15?,16+,17-/m1/s1. The van der Waals surface area contributed by atoms with Gasteiger partial charge in [-0.2, -0.15) is 0 Å². The lowest BCUT2D eigenvalue weighted by atomic mass is 9.75. The molecule has 0 bridgehead atoms. The summed E-state index contributed by atoms with van der Waals surface area (Å²) in [5, 5.41) is 0. The summed E-state index contributed by atoms with van der Waals surface area (Å²) in [6, 6.07) is 0. The van der Waals surface area contributed by atoms with E-state index in [9.17, 15) is 0 Å². The van der Waals surface area contributed by atoms with Gasteiger partial charge in [-0.3, -0.25) is 0 Å². The van der Waals surface area contributed by atoms with E-state index in [2.05, 4.69) is 47.7 Å². The Hall–Kier alpha value is 0.137. The molecule has 1 rings (SSSR count). The van der Waals surface area contributed by atoms with Crippen molar-refractivity contribution in [2.24, 2.45) is 17.8 Å². The van der Waals surface area contributed by atoms with Gasteiger partial charge in [-0.05, 0) is 57.0 Å². The van der Waals surface area contributed by atoms with Gasteiger partial charge in [0.25, 0.3) is 0 Å². The van der Waals surface area contributed by atoms with Crippen LogP contribution >= 0.6 is 0 Å². The molecule has 0 radical (unpaired) electrons. The molecule has 120 valence electrons. The lowest BCUT2D eigenvalue weighted by molar-refractivity contribution is 0.00670. The molecule has 20 heavy (non-hydrogen) atoms. The van der Waals surface area contributed by atoms with Crippen LogP contribution in [-0.2, 0) is 8.85 Å². The minimum atomic E-state index is -2.01. The van der Waals surface area contributed by atoms with Gasteiger partial charge in [-0.15, -0.1) is 0 Å². The largest absolute Gasteiger partial charge is 0.392 e. The van der Waals surface area contributed by atoms with Gasteiger partial charge in [0.2, 0.25) is 0 Å². The van der Waals surface area contributed by atoms with Gasteiger partial charge in [-0.1, -0.05) is 40.5 Å². The summed E-state index contributed by atoms with van der Waals surface area (Å²) >= 11 is 0. The van der Waals surface area contributed by atoms with E-state index in [0.29, 0.717) is 24.0 Å². The first kappa shape index (κ1) is 18.2. The van der Waals surface area contributed by atoms with E-state index in [1.807, 2.05) is 0 Å². The van der Waals surface area contributed by atoms with E-state index in [1.165, 1.54) is 25.7 Å². The summed E-state index contributed by atoms with van der Waals surface area (Å²) < 4.78 is 12.8. The maximum absolute atomic E-state index is 6.56. The zero-order valence-corrected chi connectivity index (χ0v) is 15.7. The van der Waals surface area contributed by atoms with Gasteiger partial charge in [-0.25, -0.2) is 0 Å². The number of rotatable bonds is 7. The average Bonchev–Trinajstić information content (AvgIpc) is 2.26. The Balaban J connectivity index is 2.61. The molecule has 1 unspecified atom stereocenters. The lowest BCUT2D eigenvalue weighted by Gasteiger charge is -2.41. The zero-order chi connectivity index (χ0) is 15.3. The van der Waals surface area contributed by atoms with E-state index in [-0.39, 0.29) is 0 Å². The molecule has 1 aliphatic carbocycles. The molecule has 0 saturated heterocycles. The normalized spacial score (nSPS) is 29.7. The third kappa shape index (κ3) is 5.86. The van der Waals surface area contributed by atoms with E-state index < -0.39 is 8.56 Å². The van der Waals surface area contributed by atoms with Gasteiger partial charge in [0, 0.05) is 6.10 Å². The Morgan fingerprint density at radius 3 is 2.35 bits per heavy atom. The molecule has 0 spiro atoms. The van der Waals surface area contributed by atoms with Gasteiger partial charge in [0.05, 0.1) is 6.10 Å². The summed E-state index contributed by atoms with van der Waals surface area (Å²) in [6.07, 6.45) is 6.95. The van der Waals surface area contributed by atoms with Gasteiger partial charge in [0.15, 0.2) is 0 Å². The Morgan fingerprint density at radius 1 is 1.15 bits per heavy atom. The quantitative estimate of drug-likeness (QED) is 0.588. The third-order valence-electron chi connectivity index (χ3n) is 4.58. The van der Waals surface area contributed by atoms with Crippen molar-refractivity contribution in [2.45, 2.75) is 92.0 Å². The molecule has 0 amide bonds. The molecule has 1 fully saturated rings. The molecule has 1 saturated carbocycles. The zero-order valence-electron chi connectivity index (χ0n) is 14.7. The van der Waals surface area contributed by atoms with Crippen LogP contribution in [0.1, 0.15) is 66.7 Å². The Labute approximate surface area is 127 Å². The molecule has 0 aromatic carbocycles. The van der Waals surface area contributed by atoms with Crippen LogP contribution in [0, 0.1) is 17.8 Å². The lowest BCUT2D eigenvalue weighted by Crippen LogP contribution is -2.46. The van der Waals surface area contributed by atoms with Crippen molar-refractivity contribution in [3.05, 3.63) is 0 Å². The fraction of sp³-hybridized carbons (Fsp3) is 1.00.